The molecule has 0 aliphatic heterocycles. The maximum absolute atomic E-state index is 3.80. The molecule has 0 aliphatic rings. The second-order valence-electron chi connectivity index (χ2n) is 4.31. The van der Waals surface area contributed by atoms with Gasteiger partial charge in [0.25, 0.3) is 0 Å². The molecular formula is C15H22BrN. The molecule has 2 heteroatoms. The molecule has 0 aromatic heterocycles. The first-order valence-corrected chi connectivity index (χ1v) is 7.15. The zero-order valence-corrected chi connectivity index (χ0v) is 12.2. The third-order valence-electron chi connectivity index (χ3n) is 2.83. The molecule has 1 aromatic rings. The molecule has 0 heterocycles. The van der Waals surface area contributed by atoms with E-state index in [9.17, 15) is 0 Å². The summed E-state index contributed by atoms with van der Waals surface area (Å²) in [4.78, 5) is 0. The minimum atomic E-state index is 0.548. The molecule has 1 rings (SSSR count). The fourth-order valence-corrected chi connectivity index (χ4v) is 2.32. The normalized spacial score (nSPS) is 12.4. The van der Waals surface area contributed by atoms with E-state index in [0.717, 1.165) is 25.8 Å². The van der Waals surface area contributed by atoms with Crippen LogP contribution in [0.15, 0.2) is 41.4 Å². The van der Waals surface area contributed by atoms with Crippen molar-refractivity contribution in [3.63, 3.8) is 0 Å². The topological polar surface area (TPSA) is 12.0 Å². The number of rotatable bonds is 8. The first-order chi connectivity index (χ1) is 8.27. The van der Waals surface area contributed by atoms with E-state index in [1.165, 1.54) is 16.5 Å². The van der Waals surface area contributed by atoms with Crippen molar-refractivity contribution in [3.05, 3.63) is 47.0 Å². The second-order valence-corrected chi connectivity index (χ2v) is 5.17. The van der Waals surface area contributed by atoms with Crippen LogP contribution in [0.5, 0.6) is 0 Å². The summed E-state index contributed by atoms with van der Waals surface area (Å²) in [5.41, 5.74) is 1.38. The fourth-order valence-electron chi connectivity index (χ4n) is 1.87. The lowest BCUT2D eigenvalue weighted by Gasteiger charge is -2.18. The minimum Gasteiger partial charge on any atom is -0.314 e. The van der Waals surface area contributed by atoms with Crippen LogP contribution in [0.25, 0.3) is 0 Å². The van der Waals surface area contributed by atoms with Gasteiger partial charge in [0.15, 0.2) is 0 Å². The van der Waals surface area contributed by atoms with Crippen LogP contribution in [0.4, 0.5) is 0 Å². The van der Waals surface area contributed by atoms with Crippen molar-refractivity contribution in [2.45, 2.75) is 38.6 Å². The summed E-state index contributed by atoms with van der Waals surface area (Å²) in [6.45, 7) is 7.09. The summed E-state index contributed by atoms with van der Waals surface area (Å²) in [6, 6.07) is 9.01. The Kier molecular flexibility index (Phi) is 7.22. The van der Waals surface area contributed by atoms with E-state index < -0.39 is 0 Å². The van der Waals surface area contributed by atoms with Gasteiger partial charge in [-0.1, -0.05) is 47.1 Å². The van der Waals surface area contributed by atoms with Crippen molar-refractivity contribution in [2.24, 2.45) is 0 Å². The molecule has 1 unspecified atom stereocenters. The lowest BCUT2D eigenvalue weighted by molar-refractivity contribution is 0.480. The smallest absolute Gasteiger partial charge is 0.0207 e. The predicted molar refractivity (Wildman–Crippen MR) is 79.4 cm³/mol. The van der Waals surface area contributed by atoms with Crippen molar-refractivity contribution in [1.82, 2.24) is 5.32 Å². The second kappa shape index (κ2) is 8.48. The van der Waals surface area contributed by atoms with Gasteiger partial charge in [0.2, 0.25) is 0 Å². The minimum absolute atomic E-state index is 0.548. The Morgan fingerprint density at radius 3 is 2.82 bits per heavy atom. The van der Waals surface area contributed by atoms with Gasteiger partial charge in [-0.05, 0) is 43.9 Å². The van der Waals surface area contributed by atoms with Gasteiger partial charge in [-0.2, -0.15) is 0 Å². The highest BCUT2D eigenvalue weighted by Crippen LogP contribution is 2.18. The summed E-state index contributed by atoms with van der Waals surface area (Å²) < 4.78 is 1.21. The lowest BCUT2D eigenvalue weighted by atomic mass is 10.0. The van der Waals surface area contributed by atoms with Gasteiger partial charge >= 0.3 is 0 Å². The van der Waals surface area contributed by atoms with Crippen molar-refractivity contribution < 1.29 is 0 Å². The average molecular weight is 296 g/mol. The molecule has 0 amide bonds. The number of hydrogen-bond acceptors (Lipinski definition) is 1. The Morgan fingerprint density at radius 2 is 2.18 bits per heavy atom. The van der Waals surface area contributed by atoms with E-state index in [2.05, 4.69) is 59.0 Å². The predicted octanol–water partition coefficient (Wildman–Crippen LogP) is 4.33. The summed E-state index contributed by atoms with van der Waals surface area (Å²) >= 11 is 3.61. The zero-order chi connectivity index (χ0) is 12.5. The summed E-state index contributed by atoms with van der Waals surface area (Å²) in [5, 5.41) is 3.61. The Bertz CT molecular complexity index is 335. The first kappa shape index (κ1) is 14.5. The molecular weight excluding hydrogens is 274 g/mol. The standard InChI is InChI=1S/C15H22BrN/c1-3-5-9-14(17-11-4-2)12-13-8-6-7-10-15(13)16/h3,6-8,10,14,17H,1,4-5,9,11-12H2,2H3. The molecule has 0 radical (unpaired) electrons. The Hall–Kier alpha value is -0.600. The molecule has 0 saturated carbocycles. The Morgan fingerprint density at radius 1 is 1.41 bits per heavy atom. The number of benzene rings is 1. The van der Waals surface area contributed by atoms with E-state index in [1.54, 1.807) is 0 Å². The van der Waals surface area contributed by atoms with E-state index >= 15 is 0 Å². The largest absolute Gasteiger partial charge is 0.314 e. The molecule has 17 heavy (non-hydrogen) atoms. The number of hydrogen-bond donors (Lipinski definition) is 1. The van der Waals surface area contributed by atoms with Crippen molar-refractivity contribution >= 4 is 15.9 Å². The van der Waals surface area contributed by atoms with Gasteiger partial charge in [-0.3, -0.25) is 0 Å². The molecule has 0 bridgehead atoms. The fraction of sp³-hybridized carbons (Fsp3) is 0.467. The third-order valence-corrected chi connectivity index (χ3v) is 3.60. The van der Waals surface area contributed by atoms with Gasteiger partial charge in [0.05, 0.1) is 0 Å². The maximum Gasteiger partial charge on any atom is 0.0207 e. The zero-order valence-electron chi connectivity index (χ0n) is 10.6. The van der Waals surface area contributed by atoms with Crippen LogP contribution in [-0.2, 0) is 6.42 Å². The summed E-state index contributed by atoms with van der Waals surface area (Å²) in [7, 11) is 0. The summed E-state index contributed by atoms with van der Waals surface area (Å²) in [5.74, 6) is 0. The van der Waals surface area contributed by atoms with Crippen LogP contribution in [0.3, 0.4) is 0 Å². The Labute approximate surface area is 113 Å². The van der Waals surface area contributed by atoms with Crippen LogP contribution in [0, 0.1) is 0 Å². The van der Waals surface area contributed by atoms with Gasteiger partial charge in [-0.15, -0.1) is 6.58 Å². The highest BCUT2D eigenvalue weighted by atomic mass is 79.9. The number of halogens is 1. The van der Waals surface area contributed by atoms with Gasteiger partial charge in [0.1, 0.15) is 0 Å². The van der Waals surface area contributed by atoms with E-state index in [4.69, 9.17) is 0 Å². The maximum atomic E-state index is 3.80. The van der Waals surface area contributed by atoms with Gasteiger partial charge in [0, 0.05) is 10.5 Å². The molecule has 0 aliphatic carbocycles. The van der Waals surface area contributed by atoms with Crippen molar-refractivity contribution in [1.29, 1.82) is 0 Å². The van der Waals surface area contributed by atoms with Crippen LogP contribution in [0.1, 0.15) is 31.7 Å². The SMILES string of the molecule is C=CCCC(Cc1ccccc1Br)NCCC. The molecule has 0 fully saturated rings. The van der Waals surface area contributed by atoms with Crippen molar-refractivity contribution in [2.75, 3.05) is 6.54 Å². The van der Waals surface area contributed by atoms with Gasteiger partial charge < -0.3 is 5.32 Å². The molecule has 0 spiro atoms. The van der Waals surface area contributed by atoms with E-state index in [0.29, 0.717) is 6.04 Å². The van der Waals surface area contributed by atoms with E-state index in [-0.39, 0.29) is 0 Å². The molecule has 1 atom stereocenters. The molecule has 1 nitrogen and oxygen atoms in total. The summed E-state index contributed by atoms with van der Waals surface area (Å²) in [6.07, 6.45) is 6.49. The number of nitrogens with one attached hydrogen (secondary N) is 1. The molecule has 1 N–H and O–H groups in total. The third kappa shape index (κ3) is 5.51. The van der Waals surface area contributed by atoms with Crippen LogP contribution in [0.2, 0.25) is 0 Å². The molecule has 0 saturated heterocycles. The highest BCUT2D eigenvalue weighted by Gasteiger charge is 2.09. The Balaban J connectivity index is 2.57. The van der Waals surface area contributed by atoms with Crippen LogP contribution >= 0.6 is 15.9 Å². The number of allylic oxidation sites excluding steroid dienone is 1. The van der Waals surface area contributed by atoms with Gasteiger partial charge in [-0.25, -0.2) is 0 Å². The quantitative estimate of drug-likeness (QED) is 0.704. The molecule has 94 valence electrons. The van der Waals surface area contributed by atoms with Crippen molar-refractivity contribution in [3.8, 4) is 0 Å². The van der Waals surface area contributed by atoms with Crippen LogP contribution in [-0.4, -0.2) is 12.6 Å². The van der Waals surface area contributed by atoms with E-state index in [1.807, 2.05) is 6.08 Å². The highest BCUT2D eigenvalue weighted by molar-refractivity contribution is 9.10. The molecule has 1 aromatic carbocycles. The lowest BCUT2D eigenvalue weighted by Crippen LogP contribution is -2.31. The van der Waals surface area contributed by atoms with Crippen LogP contribution < -0.4 is 5.32 Å². The average Bonchev–Trinajstić information content (AvgIpc) is 2.35. The first-order valence-electron chi connectivity index (χ1n) is 6.35. The monoisotopic (exact) mass is 295 g/mol.